The Labute approximate surface area is 84.7 Å². The van der Waals surface area contributed by atoms with Crippen molar-refractivity contribution < 1.29 is 9.59 Å². The molecule has 1 heterocycles. The monoisotopic (exact) mass is 198 g/mol. The second-order valence-corrected chi connectivity index (χ2v) is 4.02. The molecule has 0 aromatic carbocycles. The van der Waals surface area contributed by atoms with Gasteiger partial charge >= 0.3 is 0 Å². The molecule has 2 unspecified atom stereocenters. The number of nitrogens with zero attached hydrogens (tertiary/aromatic N) is 1. The van der Waals surface area contributed by atoms with Crippen molar-refractivity contribution in [2.45, 2.75) is 33.2 Å². The maximum Gasteiger partial charge on any atom is 0.245 e. The molecule has 0 aliphatic carbocycles. The standard InChI is InChI=1S/C10H18N2O2/c1-4-7(2)5-12-6-9(13)11-8(3)10(12)14/h7-8H,4-6H2,1-3H3,(H,11,13). The fourth-order valence-corrected chi connectivity index (χ4v) is 1.53. The molecule has 1 saturated heterocycles. The van der Waals surface area contributed by atoms with Crippen molar-refractivity contribution in [1.82, 2.24) is 10.2 Å². The van der Waals surface area contributed by atoms with Crippen molar-refractivity contribution in [3.05, 3.63) is 0 Å². The van der Waals surface area contributed by atoms with E-state index < -0.39 is 0 Å². The van der Waals surface area contributed by atoms with Crippen LogP contribution >= 0.6 is 0 Å². The Bertz CT molecular complexity index is 240. The highest BCUT2D eigenvalue weighted by Gasteiger charge is 2.29. The van der Waals surface area contributed by atoms with Crippen molar-refractivity contribution in [1.29, 1.82) is 0 Å². The largest absolute Gasteiger partial charge is 0.343 e. The van der Waals surface area contributed by atoms with E-state index in [4.69, 9.17) is 0 Å². The summed E-state index contributed by atoms with van der Waals surface area (Å²) in [6.45, 7) is 6.80. The van der Waals surface area contributed by atoms with E-state index in [1.807, 2.05) is 0 Å². The topological polar surface area (TPSA) is 49.4 Å². The van der Waals surface area contributed by atoms with Crippen molar-refractivity contribution >= 4 is 11.8 Å². The van der Waals surface area contributed by atoms with Crippen LogP contribution in [-0.2, 0) is 9.59 Å². The lowest BCUT2D eigenvalue weighted by molar-refractivity contribution is -0.144. The first-order chi connectivity index (χ1) is 6.54. The Hall–Kier alpha value is -1.06. The van der Waals surface area contributed by atoms with Crippen LogP contribution in [0.4, 0.5) is 0 Å². The summed E-state index contributed by atoms with van der Waals surface area (Å²) in [6.07, 6.45) is 1.03. The number of carbonyl (C=O) groups is 2. The van der Waals surface area contributed by atoms with Gasteiger partial charge in [0.15, 0.2) is 0 Å². The van der Waals surface area contributed by atoms with Gasteiger partial charge in [0.25, 0.3) is 0 Å². The number of piperazine rings is 1. The minimum atomic E-state index is -0.361. The molecule has 1 aliphatic heterocycles. The van der Waals surface area contributed by atoms with E-state index >= 15 is 0 Å². The highest BCUT2D eigenvalue weighted by atomic mass is 16.2. The van der Waals surface area contributed by atoms with Gasteiger partial charge in [-0.3, -0.25) is 9.59 Å². The van der Waals surface area contributed by atoms with Gasteiger partial charge < -0.3 is 10.2 Å². The first-order valence-corrected chi connectivity index (χ1v) is 5.12. The van der Waals surface area contributed by atoms with Crippen molar-refractivity contribution in [3.63, 3.8) is 0 Å². The van der Waals surface area contributed by atoms with Gasteiger partial charge in [-0.2, -0.15) is 0 Å². The van der Waals surface area contributed by atoms with E-state index in [-0.39, 0.29) is 24.4 Å². The van der Waals surface area contributed by atoms with Crippen LogP contribution in [0.15, 0.2) is 0 Å². The molecule has 1 fully saturated rings. The summed E-state index contributed by atoms with van der Waals surface area (Å²) in [5.74, 6) is 0.433. The Morgan fingerprint density at radius 2 is 2.21 bits per heavy atom. The quantitative estimate of drug-likeness (QED) is 0.712. The number of amides is 2. The average Bonchev–Trinajstić information content (AvgIpc) is 2.13. The molecule has 0 aromatic rings. The number of hydrogen-bond acceptors (Lipinski definition) is 2. The Morgan fingerprint density at radius 3 is 2.79 bits per heavy atom. The fraction of sp³-hybridized carbons (Fsp3) is 0.800. The minimum Gasteiger partial charge on any atom is -0.343 e. The van der Waals surface area contributed by atoms with Crippen molar-refractivity contribution in [2.24, 2.45) is 5.92 Å². The lowest BCUT2D eigenvalue weighted by atomic mass is 10.1. The molecule has 0 saturated carbocycles. The number of hydrogen-bond donors (Lipinski definition) is 1. The molecule has 1 N–H and O–H groups in total. The first-order valence-electron chi connectivity index (χ1n) is 5.12. The summed E-state index contributed by atoms with van der Waals surface area (Å²) in [4.78, 5) is 24.5. The summed E-state index contributed by atoms with van der Waals surface area (Å²) in [5, 5.41) is 2.62. The van der Waals surface area contributed by atoms with E-state index in [0.29, 0.717) is 12.5 Å². The Balaban J connectivity index is 2.58. The molecule has 4 heteroatoms. The molecule has 1 aliphatic rings. The zero-order chi connectivity index (χ0) is 10.7. The number of nitrogens with one attached hydrogen (secondary N) is 1. The van der Waals surface area contributed by atoms with Gasteiger partial charge in [0.2, 0.25) is 11.8 Å². The van der Waals surface area contributed by atoms with E-state index in [1.165, 1.54) is 0 Å². The van der Waals surface area contributed by atoms with Crippen molar-refractivity contribution in [3.8, 4) is 0 Å². The van der Waals surface area contributed by atoms with Crippen LogP contribution in [0, 0.1) is 5.92 Å². The predicted molar refractivity (Wildman–Crippen MR) is 53.6 cm³/mol. The van der Waals surface area contributed by atoms with Gasteiger partial charge in [0.05, 0.1) is 6.54 Å². The normalized spacial score (nSPS) is 24.8. The lowest BCUT2D eigenvalue weighted by Crippen LogP contribution is -2.57. The smallest absolute Gasteiger partial charge is 0.245 e. The first kappa shape index (κ1) is 11.0. The summed E-state index contributed by atoms with van der Waals surface area (Å²) in [5.41, 5.74) is 0. The predicted octanol–water partition coefficient (Wildman–Crippen LogP) is 0.379. The third kappa shape index (κ3) is 2.47. The van der Waals surface area contributed by atoms with Gasteiger partial charge in [0, 0.05) is 6.54 Å². The maximum absolute atomic E-state index is 11.6. The summed E-state index contributed by atoms with van der Waals surface area (Å²) in [7, 11) is 0. The Morgan fingerprint density at radius 1 is 1.57 bits per heavy atom. The third-order valence-electron chi connectivity index (χ3n) is 2.62. The molecule has 80 valence electrons. The van der Waals surface area contributed by atoms with Crippen LogP contribution in [0.2, 0.25) is 0 Å². The van der Waals surface area contributed by atoms with Gasteiger partial charge in [-0.15, -0.1) is 0 Å². The van der Waals surface area contributed by atoms with Crippen LogP contribution in [0.1, 0.15) is 27.2 Å². The van der Waals surface area contributed by atoms with Crippen LogP contribution in [0.25, 0.3) is 0 Å². The highest BCUT2D eigenvalue weighted by Crippen LogP contribution is 2.08. The number of rotatable bonds is 3. The molecular formula is C10H18N2O2. The zero-order valence-corrected chi connectivity index (χ0v) is 9.04. The van der Waals surface area contributed by atoms with Gasteiger partial charge in [-0.05, 0) is 12.8 Å². The molecule has 0 bridgehead atoms. The summed E-state index contributed by atoms with van der Waals surface area (Å²) in [6, 6.07) is -0.361. The molecular weight excluding hydrogens is 180 g/mol. The fourth-order valence-electron chi connectivity index (χ4n) is 1.53. The average molecular weight is 198 g/mol. The van der Waals surface area contributed by atoms with E-state index in [9.17, 15) is 9.59 Å². The SMILES string of the molecule is CCC(C)CN1CC(=O)NC(C)C1=O. The van der Waals surface area contributed by atoms with E-state index in [0.717, 1.165) is 6.42 Å². The van der Waals surface area contributed by atoms with Crippen LogP contribution in [0.3, 0.4) is 0 Å². The number of carbonyl (C=O) groups excluding carboxylic acids is 2. The highest BCUT2D eigenvalue weighted by molar-refractivity contribution is 5.94. The van der Waals surface area contributed by atoms with Crippen LogP contribution in [-0.4, -0.2) is 35.8 Å². The molecule has 0 radical (unpaired) electrons. The van der Waals surface area contributed by atoms with Crippen molar-refractivity contribution in [2.75, 3.05) is 13.1 Å². The summed E-state index contributed by atoms with van der Waals surface area (Å²) < 4.78 is 0. The second kappa shape index (κ2) is 4.44. The van der Waals surface area contributed by atoms with Crippen LogP contribution < -0.4 is 5.32 Å². The lowest BCUT2D eigenvalue weighted by Gasteiger charge is -2.32. The molecule has 1 rings (SSSR count). The van der Waals surface area contributed by atoms with Gasteiger partial charge in [0.1, 0.15) is 6.04 Å². The van der Waals surface area contributed by atoms with Crippen LogP contribution in [0.5, 0.6) is 0 Å². The van der Waals surface area contributed by atoms with E-state index in [1.54, 1.807) is 11.8 Å². The minimum absolute atomic E-state index is 0.0323. The Kier molecular flexibility index (Phi) is 3.49. The molecule has 0 spiro atoms. The molecule has 2 amide bonds. The van der Waals surface area contributed by atoms with E-state index in [2.05, 4.69) is 19.2 Å². The second-order valence-electron chi connectivity index (χ2n) is 4.02. The maximum atomic E-state index is 11.6. The zero-order valence-electron chi connectivity index (χ0n) is 9.04. The van der Waals surface area contributed by atoms with Gasteiger partial charge in [-0.25, -0.2) is 0 Å². The third-order valence-corrected chi connectivity index (χ3v) is 2.62. The molecule has 2 atom stereocenters. The molecule has 4 nitrogen and oxygen atoms in total. The molecule has 0 aromatic heterocycles. The van der Waals surface area contributed by atoms with Gasteiger partial charge in [-0.1, -0.05) is 20.3 Å². The summed E-state index contributed by atoms with van der Waals surface area (Å²) >= 11 is 0. The molecule has 14 heavy (non-hydrogen) atoms.